The van der Waals surface area contributed by atoms with E-state index < -0.39 is 25.0 Å². The highest BCUT2D eigenvalue weighted by Gasteiger charge is 2.44. The molecule has 1 saturated heterocycles. The minimum atomic E-state index is -2.66. The van der Waals surface area contributed by atoms with Gasteiger partial charge < -0.3 is 5.11 Å². The van der Waals surface area contributed by atoms with Crippen LogP contribution >= 0.6 is 12.4 Å². The SMILES string of the molecule is Cl.O=C(O)CN1CC(F)(F)C1. The van der Waals surface area contributed by atoms with Gasteiger partial charge in [0.25, 0.3) is 5.92 Å². The van der Waals surface area contributed by atoms with Gasteiger partial charge in [-0.1, -0.05) is 0 Å². The summed E-state index contributed by atoms with van der Waals surface area (Å²) in [5.41, 5.74) is 0. The molecule has 0 aliphatic carbocycles. The number of rotatable bonds is 2. The van der Waals surface area contributed by atoms with E-state index >= 15 is 0 Å². The lowest BCUT2D eigenvalue weighted by atomic mass is 10.1. The Kier molecular flexibility index (Phi) is 3.19. The van der Waals surface area contributed by atoms with Crippen LogP contribution in [-0.2, 0) is 4.79 Å². The number of halogens is 3. The Balaban J connectivity index is 0.000001000. The van der Waals surface area contributed by atoms with E-state index in [2.05, 4.69) is 0 Å². The molecule has 0 radical (unpaired) electrons. The summed E-state index contributed by atoms with van der Waals surface area (Å²) in [5, 5.41) is 8.13. The molecule has 0 amide bonds. The van der Waals surface area contributed by atoms with E-state index in [-0.39, 0.29) is 19.0 Å². The summed E-state index contributed by atoms with van der Waals surface area (Å²) in [6.45, 7) is -1.12. The van der Waals surface area contributed by atoms with E-state index in [1.165, 1.54) is 4.90 Å². The van der Waals surface area contributed by atoms with Crippen LogP contribution in [0.3, 0.4) is 0 Å². The quantitative estimate of drug-likeness (QED) is 0.682. The van der Waals surface area contributed by atoms with Crippen LogP contribution in [0.4, 0.5) is 8.78 Å². The lowest BCUT2D eigenvalue weighted by molar-refractivity contribution is -0.154. The first-order valence-corrected chi connectivity index (χ1v) is 2.82. The molecule has 0 spiro atoms. The maximum Gasteiger partial charge on any atom is 0.317 e. The van der Waals surface area contributed by atoms with Crippen molar-refractivity contribution in [3.05, 3.63) is 0 Å². The van der Waals surface area contributed by atoms with Crippen LogP contribution in [0.2, 0.25) is 0 Å². The molecule has 1 heterocycles. The molecule has 0 atom stereocenters. The van der Waals surface area contributed by atoms with Crippen LogP contribution < -0.4 is 0 Å². The average molecular weight is 188 g/mol. The van der Waals surface area contributed by atoms with E-state index in [1.807, 2.05) is 0 Å². The molecule has 66 valence electrons. The molecule has 3 nitrogen and oxygen atoms in total. The highest BCUT2D eigenvalue weighted by molar-refractivity contribution is 5.85. The van der Waals surface area contributed by atoms with Crippen molar-refractivity contribution in [1.29, 1.82) is 0 Å². The van der Waals surface area contributed by atoms with Crippen molar-refractivity contribution in [2.75, 3.05) is 19.6 Å². The zero-order valence-electron chi connectivity index (χ0n) is 5.59. The Morgan fingerprint density at radius 1 is 1.55 bits per heavy atom. The third-order valence-electron chi connectivity index (χ3n) is 1.27. The molecule has 0 bridgehead atoms. The number of likely N-dealkylation sites (tertiary alicyclic amines) is 1. The molecule has 1 rings (SSSR count). The minimum absolute atomic E-state index is 0. The van der Waals surface area contributed by atoms with E-state index in [0.29, 0.717) is 0 Å². The summed E-state index contributed by atoms with van der Waals surface area (Å²) in [4.78, 5) is 11.1. The topological polar surface area (TPSA) is 40.5 Å². The molecule has 0 aromatic rings. The van der Waals surface area contributed by atoms with Gasteiger partial charge in [-0.15, -0.1) is 12.4 Å². The summed E-state index contributed by atoms with van der Waals surface area (Å²) < 4.78 is 24.0. The zero-order valence-corrected chi connectivity index (χ0v) is 6.40. The number of hydrogen-bond acceptors (Lipinski definition) is 2. The molecule has 0 aromatic carbocycles. The van der Waals surface area contributed by atoms with Gasteiger partial charge in [0.1, 0.15) is 0 Å². The van der Waals surface area contributed by atoms with E-state index in [1.54, 1.807) is 0 Å². The monoisotopic (exact) mass is 187 g/mol. The van der Waals surface area contributed by atoms with Crippen LogP contribution in [-0.4, -0.2) is 41.5 Å². The van der Waals surface area contributed by atoms with Gasteiger partial charge in [0, 0.05) is 0 Å². The molecular formula is C5H8ClF2NO2. The van der Waals surface area contributed by atoms with Crippen LogP contribution in [0, 0.1) is 0 Å². The lowest BCUT2D eigenvalue weighted by Crippen LogP contribution is -2.57. The fourth-order valence-corrected chi connectivity index (χ4v) is 0.911. The van der Waals surface area contributed by atoms with E-state index in [0.717, 1.165) is 0 Å². The summed E-state index contributed by atoms with van der Waals surface area (Å²) >= 11 is 0. The van der Waals surface area contributed by atoms with Crippen molar-refractivity contribution in [1.82, 2.24) is 4.90 Å². The van der Waals surface area contributed by atoms with Crippen molar-refractivity contribution in [3.8, 4) is 0 Å². The Labute approximate surface area is 68.4 Å². The van der Waals surface area contributed by atoms with Crippen LogP contribution in [0.15, 0.2) is 0 Å². The van der Waals surface area contributed by atoms with Crippen molar-refractivity contribution >= 4 is 18.4 Å². The van der Waals surface area contributed by atoms with E-state index in [4.69, 9.17) is 5.11 Å². The van der Waals surface area contributed by atoms with Crippen LogP contribution in [0.5, 0.6) is 0 Å². The lowest BCUT2D eigenvalue weighted by Gasteiger charge is -2.37. The number of carboxylic acid groups (broad SMARTS) is 1. The molecule has 1 N–H and O–H groups in total. The third-order valence-corrected chi connectivity index (χ3v) is 1.27. The van der Waals surface area contributed by atoms with Gasteiger partial charge in [0.05, 0.1) is 19.6 Å². The maximum absolute atomic E-state index is 12.0. The summed E-state index contributed by atoms with van der Waals surface area (Å²) in [6.07, 6.45) is 0. The number of aliphatic carboxylic acids is 1. The van der Waals surface area contributed by atoms with Crippen LogP contribution in [0.1, 0.15) is 0 Å². The fourth-order valence-electron chi connectivity index (χ4n) is 0.911. The van der Waals surface area contributed by atoms with Gasteiger partial charge in [-0.25, -0.2) is 8.78 Å². The second-order valence-electron chi connectivity index (χ2n) is 2.39. The molecule has 1 aliphatic heterocycles. The summed E-state index contributed by atoms with van der Waals surface area (Å²) in [6, 6.07) is 0. The molecule has 11 heavy (non-hydrogen) atoms. The van der Waals surface area contributed by atoms with Crippen molar-refractivity contribution < 1.29 is 18.7 Å². The Morgan fingerprint density at radius 3 is 2.27 bits per heavy atom. The Bertz CT molecular complexity index is 157. The number of carboxylic acids is 1. The Hall–Kier alpha value is -0.420. The normalized spacial score (nSPS) is 21.6. The molecular weight excluding hydrogens is 180 g/mol. The summed E-state index contributed by atoms with van der Waals surface area (Å²) in [5.74, 6) is -3.72. The predicted molar refractivity (Wildman–Crippen MR) is 36.3 cm³/mol. The van der Waals surface area contributed by atoms with Gasteiger partial charge in [-0.2, -0.15) is 0 Å². The van der Waals surface area contributed by atoms with Crippen molar-refractivity contribution in [2.45, 2.75) is 5.92 Å². The minimum Gasteiger partial charge on any atom is -0.480 e. The highest BCUT2D eigenvalue weighted by Crippen LogP contribution is 2.25. The number of nitrogens with zero attached hydrogens (tertiary/aromatic N) is 1. The van der Waals surface area contributed by atoms with Gasteiger partial charge in [0.15, 0.2) is 0 Å². The second-order valence-corrected chi connectivity index (χ2v) is 2.39. The smallest absolute Gasteiger partial charge is 0.317 e. The first-order chi connectivity index (χ1) is 4.49. The summed E-state index contributed by atoms with van der Waals surface area (Å²) in [7, 11) is 0. The molecule has 1 fully saturated rings. The average Bonchev–Trinajstić information content (AvgIpc) is 1.57. The second kappa shape index (κ2) is 3.32. The molecule has 0 aromatic heterocycles. The predicted octanol–water partition coefficient (Wildman–Crippen LogP) is 0.444. The largest absolute Gasteiger partial charge is 0.480 e. The molecule has 1 aliphatic rings. The molecule has 6 heteroatoms. The molecule has 0 saturated carbocycles. The van der Waals surface area contributed by atoms with Gasteiger partial charge in [-0.3, -0.25) is 9.69 Å². The van der Waals surface area contributed by atoms with Crippen molar-refractivity contribution in [3.63, 3.8) is 0 Å². The first-order valence-electron chi connectivity index (χ1n) is 2.82. The fraction of sp³-hybridized carbons (Fsp3) is 0.800. The standard InChI is InChI=1S/C5H7F2NO2.ClH/c6-5(7)2-8(3-5)1-4(9)10;/h1-3H2,(H,9,10);1H. The number of carbonyl (C=O) groups is 1. The Morgan fingerprint density at radius 2 is 2.00 bits per heavy atom. The van der Waals surface area contributed by atoms with Gasteiger partial charge in [-0.05, 0) is 0 Å². The van der Waals surface area contributed by atoms with Gasteiger partial charge in [0.2, 0.25) is 0 Å². The highest BCUT2D eigenvalue weighted by atomic mass is 35.5. The first kappa shape index (κ1) is 10.6. The number of alkyl halides is 2. The van der Waals surface area contributed by atoms with Crippen molar-refractivity contribution in [2.24, 2.45) is 0 Å². The maximum atomic E-state index is 12.0. The van der Waals surface area contributed by atoms with E-state index in [9.17, 15) is 13.6 Å². The third kappa shape index (κ3) is 2.98. The van der Waals surface area contributed by atoms with Gasteiger partial charge >= 0.3 is 5.97 Å². The number of hydrogen-bond donors (Lipinski definition) is 1. The van der Waals surface area contributed by atoms with Crippen LogP contribution in [0.25, 0.3) is 0 Å². The zero-order chi connectivity index (χ0) is 7.78. The molecule has 0 unspecified atom stereocenters.